The van der Waals surface area contributed by atoms with Crippen molar-refractivity contribution < 1.29 is 19.0 Å². The van der Waals surface area contributed by atoms with Crippen molar-refractivity contribution in [2.75, 3.05) is 13.2 Å². The van der Waals surface area contributed by atoms with Crippen LogP contribution in [0, 0.1) is 5.82 Å². The molecule has 0 bridgehead atoms. The quantitative estimate of drug-likeness (QED) is 0.917. The van der Waals surface area contributed by atoms with Gasteiger partial charge in [-0.1, -0.05) is 30.3 Å². The third-order valence-electron chi connectivity index (χ3n) is 4.18. The summed E-state index contributed by atoms with van der Waals surface area (Å²) >= 11 is 0. The van der Waals surface area contributed by atoms with Crippen LogP contribution in [0.5, 0.6) is 5.75 Å². The average molecular weight is 329 g/mol. The van der Waals surface area contributed by atoms with Gasteiger partial charge in [0, 0.05) is 6.54 Å². The number of halogens is 1. The van der Waals surface area contributed by atoms with E-state index in [1.807, 2.05) is 30.3 Å². The van der Waals surface area contributed by atoms with Gasteiger partial charge in [-0.15, -0.1) is 0 Å². The Morgan fingerprint density at radius 1 is 1.17 bits per heavy atom. The number of carbonyl (C=O) groups is 1. The summed E-state index contributed by atoms with van der Waals surface area (Å²) in [5, 5.41) is 9.94. The van der Waals surface area contributed by atoms with E-state index in [9.17, 15) is 14.3 Å². The average Bonchev–Trinajstić information content (AvgIpc) is 2.98. The lowest BCUT2D eigenvalue weighted by atomic mass is 10.0. The molecular weight excluding hydrogens is 309 g/mol. The molecule has 0 unspecified atom stereocenters. The van der Waals surface area contributed by atoms with Gasteiger partial charge in [-0.25, -0.2) is 4.39 Å². The van der Waals surface area contributed by atoms with Gasteiger partial charge in [-0.05, 0) is 36.2 Å². The highest BCUT2D eigenvalue weighted by Gasteiger charge is 2.34. The zero-order valence-corrected chi connectivity index (χ0v) is 13.3. The number of β-amino-alcohol motifs (C(OH)–C–C–N with tert-alkyl or cyclic N) is 1. The van der Waals surface area contributed by atoms with E-state index in [0.29, 0.717) is 13.0 Å². The van der Waals surface area contributed by atoms with Crippen LogP contribution >= 0.6 is 0 Å². The molecule has 5 heteroatoms. The summed E-state index contributed by atoms with van der Waals surface area (Å²) in [5.41, 5.74) is 0.838. The van der Waals surface area contributed by atoms with Gasteiger partial charge in [0.25, 0.3) is 0 Å². The minimum Gasteiger partial charge on any atom is -0.493 e. The zero-order valence-electron chi connectivity index (χ0n) is 13.3. The molecule has 1 N–H and O–H groups in total. The molecule has 4 nitrogen and oxygen atoms in total. The van der Waals surface area contributed by atoms with Crippen LogP contribution < -0.4 is 4.74 Å². The van der Waals surface area contributed by atoms with Gasteiger partial charge in [-0.3, -0.25) is 4.79 Å². The number of para-hydroxylation sites is 1. The van der Waals surface area contributed by atoms with Gasteiger partial charge in [0.2, 0.25) is 5.91 Å². The lowest BCUT2D eigenvalue weighted by molar-refractivity contribution is -0.133. The number of ether oxygens (including phenoxy) is 1. The molecule has 126 valence electrons. The van der Waals surface area contributed by atoms with Crippen LogP contribution in [0.1, 0.15) is 24.4 Å². The van der Waals surface area contributed by atoms with Crippen molar-refractivity contribution >= 4 is 5.91 Å². The van der Waals surface area contributed by atoms with Gasteiger partial charge in [0.1, 0.15) is 11.6 Å². The maximum atomic E-state index is 13.1. The number of likely N-dealkylation sites (tertiary alicyclic amines) is 1. The predicted molar refractivity (Wildman–Crippen MR) is 88.0 cm³/mol. The summed E-state index contributed by atoms with van der Waals surface area (Å²) in [6.45, 7) is 0.581. The number of aliphatic hydroxyl groups is 1. The van der Waals surface area contributed by atoms with Crippen molar-refractivity contribution in [2.24, 2.45) is 0 Å². The molecule has 1 aliphatic rings. The molecule has 24 heavy (non-hydrogen) atoms. The molecule has 0 saturated carbocycles. The second-order valence-corrected chi connectivity index (χ2v) is 5.91. The SMILES string of the molecule is O=C(CCOc1ccccc1)N1C[C@@H](O)C[C@@H]1c1ccc(F)cc1. The van der Waals surface area contributed by atoms with Gasteiger partial charge < -0.3 is 14.7 Å². The zero-order chi connectivity index (χ0) is 16.9. The van der Waals surface area contributed by atoms with Gasteiger partial charge >= 0.3 is 0 Å². The number of carbonyl (C=O) groups excluding carboxylic acids is 1. The molecule has 0 aromatic heterocycles. The van der Waals surface area contributed by atoms with Crippen molar-refractivity contribution in [3.05, 3.63) is 66.0 Å². The van der Waals surface area contributed by atoms with Crippen molar-refractivity contribution in [1.29, 1.82) is 0 Å². The highest BCUT2D eigenvalue weighted by molar-refractivity contribution is 5.77. The molecule has 3 rings (SSSR count). The summed E-state index contributed by atoms with van der Waals surface area (Å²) in [6.07, 6.45) is 0.148. The van der Waals surface area contributed by atoms with E-state index in [1.165, 1.54) is 12.1 Å². The van der Waals surface area contributed by atoms with Crippen LogP contribution in [0.3, 0.4) is 0 Å². The first-order chi connectivity index (χ1) is 11.6. The van der Waals surface area contributed by atoms with E-state index < -0.39 is 6.10 Å². The first-order valence-electron chi connectivity index (χ1n) is 8.04. The number of hydrogen-bond donors (Lipinski definition) is 1. The summed E-state index contributed by atoms with van der Waals surface area (Å²) in [6, 6.07) is 15.2. The predicted octanol–water partition coefficient (Wildman–Crippen LogP) is 2.93. The smallest absolute Gasteiger partial charge is 0.226 e. The molecule has 1 fully saturated rings. The Hall–Kier alpha value is -2.40. The fourth-order valence-corrected chi connectivity index (χ4v) is 3.01. The third-order valence-corrected chi connectivity index (χ3v) is 4.18. The summed E-state index contributed by atoms with van der Waals surface area (Å²) in [5.74, 6) is 0.338. The van der Waals surface area contributed by atoms with Crippen LogP contribution in [-0.2, 0) is 4.79 Å². The van der Waals surface area contributed by atoms with Crippen molar-refractivity contribution in [2.45, 2.75) is 25.0 Å². The standard InChI is InChI=1S/C19H20FNO3/c20-15-8-6-14(7-9-15)18-12-16(22)13-21(18)19(23)10-11-24-17-4-2-1-3-5-17/h1-9,16,18,22H,10-13H2/t16-,18+/m0/s1. The highest BCUT2D eigenvalue weighted by Crippen LogP contribution is 2.32. The van der Waals surface area contributed by atoms with Crippen LogP contribution in [-0.4, -0.2) is 35.2 Å². The Bertz CT molecular complexity index is 675. The molecule has 1 heterocycles. The van der Waals surface area contributed by atoms with Crippen LogP contribution in [0.4, 0.5) is 4.39 Å². The molecule has 2 aromatic carbocycles. The molecule has 2 aromatic rings. The topological polar surface area (TPSA) is 49.8 Å². The Morgan fingerprint density at radius 2 is 1.88 bits per heavy atom. The summed E-state index contributed by atoms with van der Waals surface area (Å²) < 4.78 is 18.6. The van der Waals surface area contributed by atoms with Gasteiger partial charge in [-0.2, -0.15) is 0 Å². The van der Waals surface area contributed by atoms with Gasteiger partial charge in [0.15, 0.2) is 0 Å². The number of rotatable bonds is 5. The molecule has 0 radical (unpaired) electrons. The first-order valence-corrected chi connectivity index (χ1v) is 8.04. The molecular formula is C19H20FNO3. The number of benzene rings is 2. The maximum absolute atomic E-state index is 13.1. The Balaban J connectivity index is 1.60. The van der Waals surface area contributed by atoms with E-state index in [-0.39, 0.29) is 30.8 Å². The number of nitrogens with zero attached hydrogens (tertiary/aromatic N) is 1. The largest absolute Gasteiger partial charge is 0.493 e. The molecule has 2 atom stereocenters. The van der Waals surface area contributed by atoms with Crippen molar-refractivity contribution in [1.82, 2.24) is 4.90 Å². The minimum absolute atomic E-state index is 0.0724. The van der Waals surface area contributed by atoms with E-state index in [2.05, 4.69) is 0 Å². The number of aliphatic hydroxyl groups excluding tert-OH is 1. The summed E-state index contributed by atoms with van der Waals surface area (Å²) in [7, 11) is 0. The van der Waals surface area contributed by atoms with Crippen molar-refractivity contribution in [3.63, 3.8) is 0 Å². The normalized spacial score (nSPS) is 20.2. The van der Waals surface area contributed by atoms with Crippen LogP contribution in [0.15, 0.2) is 54.6 Å². The Morgan fingerprint density at radius 3 is 2.58 bits per heavy atom. The lowest BCUT2D eigenvalue weighted by Gasteiger charge is -2.25. The van der Waals surface area contributed by atoms with Gasteiger partial charge in [0.05, 0.1) is 25.2 Å². The maximum Gasteiger partial charge on any atom is 0.226 e. The monoisotopic (exact) mass is 329 g/mol. The van der Waals surface area contributed by atoms with E-state index in [1.54, 1.807) is 17.0 Å². The third kappa shape index (κ3) is 3.92. The molecule has 1 aliphatic heterocycles. The Kier molecular flexibility index (Phi) is 5.11. The second kappa shape index (κ2) is 7.45. The summed E-state index contributed by atoms with van der Waals surface area (Å²) in [4.78, 5) is 14.2. The fraction of sp³-hybridized carbons (Fsp3) is 0.316. The van der Waals surface area contributed by atoms with E-state index in [0.717, 1.165) is 11.3 Å². The first kappa shape index (κ1) is 16.5. The molecule has 1 amide bonds. The minimum atomic E-state index is -0.556. The fourth-order valence-electron chi connectivity index (χ4n) is 3.01. The van der Waals surface area contributed by atoms with Crippen LogP contribution in [0.25, 0.3) is 0 Å². The van der Waals surface area contributed by atoms with Crippen LogP contribution in [0.2, 0.25) is 0 Å². The Labute approximate surface area is 140 Å². The molecule has 1 saturated heterocycles. The second-order valence-electron chi connectivity index (χ2n) is 5.91. The molecule has 0 spiro atoms. The van der Waals surface area contributed by atoms with Crippen molar-refractivity contribution in [3.8, 4) is 5.75 Å². The molecule has 0 aliphatic carbocycles. The van der Waals surface area contributed by atoms with E-state index in [4.69, 9.17) is 4.74 Å². The lowest BCUT2D eigenvalue weighted by Crippen LogP contribution is -2.32. The number of amides is 1. The highest BCUT2D eigenvalue weighted by atomic mass is 19.1. The van der Waals surface area contributed by atoms with E-state index >= 15 is 0 Å². The number of hydrogen-bond acceptors (Lipinski definition) is 3.